The van der Waals surface area contributed by atoms with Gasteiger partial charge in [0.05, 0.1) is 5.88 Å². The maximum Gasteiger partial charge on any atom is 0.325 e. The molecule has 0 aromatic heterocycles. The van der Waals surface area contributed by atoms with E-state index in [0.29, 0.717) is 0 Å². The van der Waals surface area contributed by atoms with E-state index >= 15 is 0 Å². The molecule has 1 unspecified atom stereocenters. The molecule has 1 radical (unpaired) electrons. The number of hydrogen-bond donors (Lipinski definition) is 1. The number of aliphatic carboxylic acids is 1. The summed E-state index contributed by atoms with van der Waals surface area (Å²) >= 11 is 10.5. The molecule has 0 saturated heterocycles. The van der Waals surface area contributed by atoms with Crippen molar-refractivity contribution in [3.05, 3.63) is 0 Å². The van der Waals surface area contributed by atoms with E-state index in [-0.39, 0.29) is 35.4 Å². The summed E-state index contributed by atoms with van der Waals surface area (Å²) in [5.74, 6) is -1.17. The number of halogens is 2. The molecule has 0 aliphatic heterocycles. The van der Waals surface area contributed by atoms with Crippen LogP contribution in [0, 0.1) is 0 Å². The molecular weight excluding hydrogens is 174 g/mol. The van der Waals surface area contributed by atoms with Crippen LogP contribution >= 0.6 is 23.2 Å². The van der Waals surface area contributed by atoms with Gasteiger partial charge in [0.15, 0.2) is 4.87 Å². The van der Waals surface area contributed by atoms with Crippen LogP contribution in [-0.4, -0.2) is 51.4 Å². The largest absolute Gasteiger partial charge is 0.480 e. The fourth-order valence-electron chi connectivity index (χ4n) is 0.0572. The fraction of sp³-hybridized carbons (Fsp3) is 0.750. The Balaban J connectivity index is 0. The van der Waals surface area contributed by atoms with Crippen LogP contribution in [0.3, 0.4) is 0 Å². The van der Waals surface area contributed by atoms with Crippen molar-refractivity contribution >= 4 is 58.7 Å². The zero-order valence-electron chi connectivity index (χ0n) is 5.32. The molecule has 1 atom stereocenters. The molecule has 2 nitrogen and oxygen atoms in total. The zero-order valence-corrected chi connectivity index (χ0v) is 8.83. The summed E-state index contributed by atoms with van der Waals surface area (Å²) in [6.45, 7) is 1.35. The van der Waals surface area contributed by atoms with Crippen molar-refractivity contribution in [3.63, 3.8) is 0 Å². The predicted octanol–water partition coefficient (Wildman–Crippen LogP) is 0.926. The summed E-state index contributed by atoms with van der Waals surface area (Å²) in [6, 6.07) is 0. The summed E-state index contributed by atoms with van der Waals surface area (Å²) in [7, 11) is 0. The van der Waals surface area contributed by atoms with E-state index in [1.54, 1.807) is 0 Å². The number of alkyl halides is 2. The molecule has 0 heterocycles. The van der Waals surface area contributed by atoms with Gasteiger partial charge in [-0.3, -0.25) is 4.79 Å². The number of carboxylic acids is 1. The van der Waals surface area contributed by atoms with E-state index in [2.05, 4.69) is 0 Å². The average molecular weight is 180 g/mol. The Kier molecular flexibility index (Phi) is 6.78. The van der Waals surface area contributed by atoms with Crippen molar-refractivity contribution in [1.82, 2.24) is 0 Å². The third-order valence-corrected chi connectivity index (χ3v) is 1.66. The van der Waals surface area contributed by atoms with Crippen LogP contribution in [0.5, 0.6) is 0 Å². The minimum atomic E-state index is -1.30. The summed E-state index contributed by atoms with van der Waals surface area (Å²) < 4.78 is 0. The van der Waals surface area contributed by atoms with Crippen molar-refractivity contribution in [2.24, 2.45) is 0 Å². The number of carbonyl (C=O) groups is 1. The molecule has 0 aromatic rings. The van der Waals surface area contributed by atoms with Gasteiger partial charge in [0.1, 0.15) is 0 Å². The molecule has 0 fully saturated rings. The molecule has 0 spiro atoms. The van der Waals surface area contributed by atoms with Crippen LogP contribution in [0.25, 0.3) is 0 Å². The summed E-state index contributed by atoms with van der Waals surface area (Å²) in [4.78, 5) is 8.73. The first-order valence-corrected chi connectivity index (χ1v) is 2.90. The number of rotatable bonds is 2. The van der Waals surface area contributed by atoms with Gasteiger partial charge in [0.2, 0.25) is 0 Å². The third-order valence-electron chi connectivity index (χ3n) is 0.697. The molecule has 0 aliphatic carbocycles. The van der Waals surface area contributed by atoms with Crippen LogP contribution in [0.15, 0.2) is 0 Å². The quantitative estimate of drug-likeness (QED) is 0.506. The monoisotopic (exact) mass is 179 g/mol. The van der Waals surface area contributed by atoms with Gasteiger partial charge in [-0.2, -0.15) is 0 Å². The molecule has 5 heteroatoms. The first-order chi connectivity index (χ1) is 3.50. The Labute approximate surface area is 85.8 Å². The standard InChI is InChI=1S/C4H6Cl2O2.Na/c1-4(6,2-5)3(7)8;/h2H2,1H3,(H,7,8);. The Hall–Kier alpha value is 1.05. The predicted molar refractivity (Wildman–Crippen MR) is 38.4 cm³/mol. The molecule has 0 aromatic carbocycles. The van der Waals surface area contributed by atoms with Crippen molar-refractivity contribution in [2.75, 3.05) is 5.88 Å². The van der Waals surface area contributed by atoms with Gasteiger partial charge in [-0.05, 0) is 6.92 Å². The topological polar surface area (TPSA) is 37.3 Å². The molecule has 0 rings (SSSR count). The molecule has 9 heavy (non-hydrogen) atoms. The summed E-state index contributed by atoms with van der Waals surface area (Å²) in [6.07, 6.45) is 0. The number of carboxylic acid groups (broad SMARTS) is 1. The second-order valence-electron chi connectivity index (χ2n) is 1.64. The Morgan fingerprint density at radius 2 is 2.11 bits per heavy atom. The number of hydrogen-bond acceptors (Lipinski definition) is 1. The minimum Gasteiger partial charge on any atom is -0.480 e. The molecular formula is C4H6Cl2NaO2. The summed E-state index contributed by atoms with van der Waals surface area (Å²) in [5.41, 5.74) is 0. The van der Waals surface area contributed by atoms with Crippen LogP contribution in [0.2, 0.25) is 0 Å². The van der Waals surface area contributed by atoms with Gasteiger partial charge in [-0.1, -0.05) is 0 Å². The van der Waals surface area contributed by atoms with Crippen LogP contribution in [-0.2, 0) is 4.79 Å². The van der Waals surface area contributed by atoms with E-state index in [1.807, 2.05) is 0 Å². The first-order valence-electron chi connectivity index (χ1n) is 1.99. The molecule has 49 valence electrons. The zero-order chi connectivity index (χ0) is 6.78. The summed E-state index contributed by atoms with van der Waals surface area (Å²) in [5, 5.41) is 8.22. The van der Waals surface area contributed by atoms with Gasteiger partial charge in [-0.25, -0.2) is 0 Å². The van der Waals surface area contributed by atoms with Crippen LogP contribution in [0.4, 0.5) is 0 Å². The maximum absolute atomic E-state index is 10.0. The first kappa shape index (κ1) is 12.7. The Morgan fingerprint density at radius 3 is 2.11 bits per heavy atom. The Morgan fingerprint density at radius 1 is 1.78 bits per heavy atom. The van der Waals surface area contributed by atoms with E-state index < -0.39 is 10.8 Å². The van der Waals surface area contributed by atoms with Gasteiger partial charge < -0.3 is 5.11 Å². The van der Waals surface area contributed by atoms with Crippen molar-refractivity contribution < 1.29 is 9.90 Å². The smallest absolute Gasteiger partial charge is 0.325 e. The third kappa shape index (κ3) is 4.45. The second kappa shape index (κ2) is 4.80. The van der Waals surface area contributed by atoms with E-state index in [4.69, 9.17) is 28.3 Å². The van der Waals surface area contributed by atoms with Crippen LogP contribution < -0.4 is 0 Å². The van der Waals surface area contributed by atoms with Gasteiger partial charge in [-0.15, -0.1) is 23.2 Å². The average Bonchev–Trinajstić information content (AvgIpc) is 1.67. The van der Waals surface area contributed by atoms with E-state index in [1.165, 1.54) is 6.92 Å². The van der Waals surface area contributed by atoms with Gasteiger partial charge >= 0.3 is 5.97 Å². The fourth-order valence-corrected chi connectivity index (χ4v) is 0.171. The van der Waals surface area contributed by atoms with Gasteiger partial charge in [0.25, 0.3) is 0 Å². The maximum atomic E-state index is 10.0. The minimum absolute atomic E-state index is 0. The second-order valence-corrected chi connectivity index (χ2v) is 2.74. The van der Waals surface area contributed by atoms with Crippen molar-refractivity contribution in [3.8, 4) is 0 Å². The van der Waals surface area contributed by atoms with E-state index in [9.17, 15) is 4.79 Å². The molecule has 0 saturated carbocycles. The van der Waals surface area contributed by atoms with Crippen LogP contribution in [0.1, 0.15) is 6.92 Å². The SMILES string of the molecule is CC(Cl)(CCl)C(=O)O.[Na]. The molecule has 0 bridgehead atoms. The molecule has 0 aliphatic rings. The van der Waals surface area contributed by atoms with Crippen molar-refractivity contribution in [2.45, 2.75) is 11.8 Å². The van der Waals surface area contributed by atoms with Gasteiger partial charge in [0, 0.05) is 29.6 Å². The van der Waals surface area contributed by atoms with E-state index in [0.717, 1.165) is 0 Å². The van der Waals surface area contributed by atoms with Crippen molar-refractivity contribution in [1.29, 1.82) is 0 Å². The Bertz CT molecular complexity index is 105. The molecule has 0 amide bonds. The normalized spacial score (nSPS) is 15.4. The molecule has 1 N–H and O–H groups in total.